The largest absolute Gasteiger partial charge is 0.366 e. The number of nitrogens with one attached hydrogen (secondary N) is 2. The lowest BCUT2D eigenvalue weighted by Crippen LogP contribution is -2.28. The van der Waals surface area contributed by atoms with Crippen molar-refractivity contribution in [1.29, 1.82) is 0 Å². The Hall–Kier alpha value is -2.71. The maximum Gasteiger partial charge on any atom is 0.321 e. The Morgan fingerprint density at radius 1 is 1.10 bits per heavy atom. The van der Waals surface area contributed by atoms with E-state index in [1.54, 1.807) is 24.3 Å². The van der Waals surface area contributed by atoms with Gasteiger partial charge >= 0.3 is 6.03 Å². The summed E-state index contributed by atoms with van der Waals surface area (Å²) in [4.78, 5) is 27.9. The molecule has 3 rings (SSSR count). The Morgan fingerprint density at radius 2 is 1.76 bits per heavy atom. The summed E-state index contributed by atoms with van der Waals surface area (Å²) in [5, 5.41) is 8.04. The van der Waals surface area contributed by atoms with Gasteiger partial charge in [-0.3, -0.25) is 10.1 Å². The third-order valence-electron chi connectivity index (χ3n) is 4.62. The van der Waals surface area contributed by atoms with Crippen molar-refractivity contribution in [1.82, 2.24) is 10.3 Å². The van der Waals surface area contributed by atoms with Crippen molar-refractivity contribution >= 4 is 44.3 Å². The highest BCUT2D eigenvalue weighted by molar-refractivity contribution is 9.10. The Balaban J connectivity index is 1.59. The number of hydrogen-bond acceptors (Lipinski definition) is 4. The molecular formula is C21H21BrN4O2S. The maximum atomic E-state index is 12.2. The molecule has 4 N–H and O–H groups in total. The zero-order chi connectivity index (χ0) is 21.0. The van der Waals surface area contributed by atoms with Gasteiger partial charge in [-0.25, -0.2) is 9.78 Å². The highest BCUT2D eigenvalue weighted by Gasteiger charge is 2.26. The number of nitrogens with two attached hydrogens (primary N) is 1. The van der Waals surface area contributed by atoms with Crippen LogP contribution in [0.3, 0.4) is 0 Å². The molecule has 0 saturated heterocycles. The van der Waals surface area contributed by atoms with Gasteiger partial charge in [0.15, 0.2) is 5.13 Å². The zero-order valence-electron chi connectivity index (χ0n) is 16.0. The maximum absolute atomic E-state index is 12.2. The van der Waals surface area contributed by atoms with Crippen LogP contribution in [0.5, 0.6) is 0 Å². The van der Waals surface area contributed by atoms with Gasteiger partial charge in [0.25, 0.3) is 0 Å². The molecule has 6 nitrogen and oxygen atoms in total. The first-order valence-electron chi connectivity index (χ1n) is 8.91. The molecule has 3 amide bonds. The molecular weight excluding hydrogens is 452 g/mol. The van der Waals surface area contributed by atoms with Crippen LogP contribution in [0, 0.1) is 0 Å². The van der Waals surface area contributed by atoms with E-state index >= 15 is 0 Å². The second-order valence-electron chi connectivity index (χ2n) is 7.04. The van der Waals surface area contributed by atoms with Crippen molar-refractivity contribution in [2.24, 2.45) is 5.73 Å². The number of anilines is 1. The Bertz CT molecular complexity index is 1010. The average Bonchev–Trinajstić information content (AvgIpc) is 3.16. The molecule has 8 heteroatoms. The number of rotatable bonds is 6. The smallest absolute Gasteiger partial charge is 0.321 e. The van der Waals surface area contributed by atoms with Crippen molar-refractivity contribution < 1.29 is 9.59 Å². The van der Waals surface area contributed by atoms with Crippen molar-refractivity contribution in [3.05, 3.63) is 80.8 Å². The fourth-order valence-corrected chi connectivity index (χ4v) is 3.88. The van der Waals surface area contributed by atoms with Crippen molar-refractivity contribution in [3.8, 4) is 0 Å². The monoisotopic (exact) mass is 472 g/mol. The van der Waals surface area contributed by atoms with Crippen LogP contribution in [-0.4, -0.2) is 16.9 Å². The zero-order valence-corrected chi connectivity index (χ0v) is 18.4. The molecule has 0 atom stereocenters. The Kier molecular flexibility index (Phi) is 6.34. The fourth-order valence-electron chi connectivity index (χ4n) is 2.74. The molecule has 0 spiro atoms. The van der Waals surface area contributed by atoms with E-state index in [9.17, 15) is 9.59 Å². The molecule has 0 unspecified atom stereocenters. The lowest BCUT2D eigenvalue weighted by Gasteiger charge is -2.23. The molecule has 3 aromatic rings. The molecule has 0 aliphatic carbocycles. The number of benzene rings is 2. The van der Waals surface area contributed by atoms with Crippen LogP contribution < -0.4 is 16.4 Å². The van der Waals surface area contributed by atoms with Crippen LogP contribution in [0.15, 0.2) is 58.4 Å². The molecule has 0 aliphatic rings. The minimum absolute atomic E-state index is 0.282. The number of carbonyl (C=O) groups is 2. The summed E-state index contributed by atoms with van der Waals surface area (Å²) in [7, 11) is 0. The van der Waals surface area contributed by atoms with Crippen LogP contribution in [0.25, 0.3) is 0 Å². The lowest BCUT2D eigenvalue weighted by atomic mass is 9.82. The first-order chi connectivity index (χ1) is 13.8. The van der Waals surface area contributed by atoms with E-state index < -0.39 is 5.91 Å². The molecule has 0 saturated carbocycles. The number of primary amides is 1. The average molecular weight is 473 g/mol. The summed E-state index contributed by atoms with van der Waals surface area (Å²) in [6.07, 6.45) is 0. The van der Waals surface area contributed by atoms with Crippen LogP contribution in [0.4, 0.5) is 9.93 Å². The van der Waals surface area contributed by atoms with E-state index in [0.717, 1.165) is 21.3 Å². The van der Waals surface area contributed by atoms with Gasteiger partial charge in [0.1, 0.15) is 0 Å². The van der Waals surface area contributed by atoms with Gasteiger partial charge in [0.05, 0.1) is 5.69 Å². The molecule has 0 aliphatic heterocycles. The summed E-state index contributed by atoms with van der Waals surface area (Å²) < 4.78 is 1.03. The highest BCUT2D eigenvalue weighted by atomic mass is 79.9. The fraction of sp³-hybridized carbons (Fsp3) is 0.190. The summed E-state index contributed by atoms with van der Waals surface area (Å²) in [5.74, 6) is -0.479. The summed E-state index contributed by atoms with van der Waals surface area (Å²) in [6, 6.07) is 14.6. The number of amides is 3. The molecule has 0 bridgehead atoms. The molecule has 2 aromatic carbocycles. The predicted octanol–water partition coefficient (Wildman–Crippen LogP) is 4.65. The first kappa shape index (κ1) is 21.0. The predicted molar refractivity (Wildman–Crippen MR) is 119 cm³/mol. The number of aromatic nitrogens is 1. The minimum atomic E-state index is -0.479. The number of nitrogens with zero attached hydrogens (tertiary/aromatic N) is 1. The summed E-state index contributed by atoms with van der Waals surface area (Å²) in [6.45, 7) is 4.53. The van der Waals surface area contributed by atoms with Crippen LogP contribution in [0.2, 0.25) is 0 Å². The van der Waals surface area contributed by atoms with Crippen LogP contribution in [-0.2, 0) is 12.0 Å². The number of urea groups is 1. The quantitative estimate of drug-likeness (QED) is 0.486. The third-order valence-corrected chi connectivity index (χ3v) is 5.91. The van der Waals surface area contributed by atoms with Crippen LogP contribution >= 0.6 is 27.3 Å². The van der Waals surface area contributed by atoms with E-state index in [0.29, 0.717) is 17.2 Å². The van der Waals surface area contributed by atoms with Gasteiger partial charge in [-0.2, -0.15) is 0 Å². The molecule has 1 heterocycles. The third kappa shape index (κ3) is 5.21. The van der Waals surface area contributed by atoms with Crippen molar-refractivity contribution in [2.45, 2.75) is 25.8 Å². The van der Waals surface area contributed by atoms with Gasteiger partial charge in [-0.05, 0) is 35.4 Å². The lowest BCUT2D eigenvalue weighted by molar-refractivity contribution is 0.1000. The Labute approximate surface area is 181 Å². The second kappa shape index (κ2) is 8.75. The summed E-state index contributed by atoms with van der Waals surface area (Å²) in [5.41, 5.74) is 8.27. The summed E-state index contributed by atoms with van der Waals surface area (Å²) >= 11 is 4.84. The van der Waals surface area contributed by atoms with Crippen LogP contribution in [0.1, 0.15) is 41.0 Å². The van der Waals surface area contributed by atoms with E-state index in [1.165, 1.54) is 11.3 Å². The van der Waals surface area contributed by atoms with E-state index in [1.807, 2.05) is 17.5 Å². The normalized spacial score (nSPS) is 11.1. The topological polar surface area (TPSA) is 97.1 Å². The van der Waals surface area contributed by atoms with Gasteiger partial charge in [0.2, 0.25) is 5.91 Å². The first-order valence-corrected chi connectivity index (χ1v) is 10.6. The molecule has 29 heavy (non-hydrogen) atoms. The SMILES string of the molecule is CC(C)(c1ccc(Br)cc1)c1csc(NC(=O)NCc2ccc(C(N)=O)cc2)n1. The van der Waals surface area contributed by atoms with Crippen molar-refractivity contribution in [2.75, 3.05) is 5.32 Å². The molecule has 0 fully saturated rings. The number of halogens is 1. The number of thiazole rings is 1. The standard InChI is InChI=1S/C21H21BrN4O2S/c1-21(2,15-7-9-16(22)10-8-15)17-12-29-20(25-17)26-19(28)24-11-13-3-5-14(6-4-13)18(23)27/h3-10,12H,11H2,1-2H3,(H2,23,27)(H2,24,25,26,28). The molecule has 150 valence electrons. The number of carbonyl (C=O) groups excluding carboxylic acids is 2. The van der Waals surface area contributed by atoms with E-state index in [-0.39, 0.29) is 11.4 Å². The highest BCUT2D eigenvalue weighted by Crippen LogP contribution is 2.33. The Morgan fingerprint density at radius 3 is 2.38 bits per heavy atom. The van der Waals surface area contributed by atoms with Gasteiger partial charge in [-0.15, -0.1) is 11.3 Å². The second-order valence-corrected chi connectivity index (χ2v) is 8.81. The van der Waals surface area contributed by atoms with Crippen molar-refractivity contribution in [3.63, 3.8) is 0 Å². The van der Waals surface area contributed by atoms with Gasteiger partial charge in [0, 0.05) is 27.4 Å². The number of hydrogen-bond donors (Lipinski definition) is 3. The molecule has 1 aromatic heterocycles. The van der Waals surface area contributed by atoms with E-state index in [2.05, 4.69) is 57.5 Å². The van der Waals surface area contributed by atoms with Gasteiger partial charge in [-0.1, -0.05) is 54.0 Å². The minimum Gasteiger partial charge on any atom is -0.366 e. The molecule has 0 radical (unpaired) electrons. The van der Waals surface area contributed by atoms with Gasteiger partial charge < -0.3 is 11.1 Å². The van der Waals surface area contributed by atoms with E-state index in [4.69, 9.17) is 5.73 Å².